The summed E-state index contributed by atoms with van der Waals surface area (Å²) >= 11 is 0. The third kappa shape index (κ3) is 2.61. The summed E-state index contributed by atoms with van der Waals surface area (Å²) in [4.78, 5) is 11.5. The van der Waals surface area contributed by atoms with Gasteiger partial charge in [0.2, 0.25) is 0 Å². The SMILES string of the molecule is O=[N+]([O-])c1ncc(S(=O)(=O)Cl)cc1C(F)F. The van der Waals surface area contributed by atoms with Crippen molar-refractivity contribution in [3.63, 3.8) is 0 Å². The minimum Gasteiger partial charge on any atom is -0.358 e. The van der Waals surface area contributed by atoms with Crippen molar-refractivity contribution in [1.29, 1.82) is 0 Å². The van der Waals surface area contributed by atoms with Crippen LogP contribution in [0.2, 0.25) is 0 Å². The third-order valence-corrected chi connectivity index (χ3v) is 2.88. The molecule has 0 spiro atoms. The van der Waals surface area contributed by atoms with Gasteiger partial charge in [0, 0.05) is 10.7 Å². The van der Waals surface area contributed by atoms with Crippen LogP contribution in [-0.2, 0) is 9.05 Å². The molecule has 1 aromatic heterocycles. The summed E-state index contributed by atoms with van der Waals surface area (Å²) in [6.45, 7) is 0. The number of halogens is 3. The van der Waals surface area contributed by atoms with Crippen LogP contribution in [0.3, 0.4) is 0 Å². The molecule has 0 radical (unpaired) electrons. The van der Waals surface area contributed by atoms with E-state index in [-0.39, 0.29) is 0 Å². The Morgan fingerprint density at radius 1 is 1.50 bits per heavy atom. The highest BCUT2D eigenvalue weighted by Crippen LogP contribution is 2.29. The molecular weight excluding hydrogens is 270 g/mol. The lowest BCUT2D eigenvalue weighted by atomic mass is 10.3. The maximum atomic E-state index is 12.4. The zero-order valence-corrected chi connectivity index (χ0v) is 8.87. The molecule has 0 aliphatic carbocycles. The van der Waals surface area contributed by atoms with Crippen LogP contribution in [0, 0.1) is 10.1 Å². The largest absolute Gasteiger partial charge is 0.372 e. The predicted octanol–water partition coefficient (Wildman–Crippen LogP) is 1.85. The second-order valence-corrected chi connectivity index (χ2v) is 5.15. The first-order valence-electron chi connectivity index (χ1n) is 3.60. The van der Waals surface area contributed by atoms with Gasteiger partial charge in [0.1, 0.15) is 10.5 Å². The highest BCUT2D eigenvalue weighted by Gasteiger charge is 2.26. The van der Waals surface area contributed by atoms with Gasteiger partial charge in [0.25, 0.3) is 15.5 Å². The minimum absolute atomic E-state index is 0.429. The van der Waals surface area contributed by atoms with Gasteiger partial charge in [-0.15, -0.1) is 0 Å². The lowest BCUT2D eigenvalue weighted by Crippen LogP contribution is -2.02. The number of pyridine rings is 1. The van der Waals surface area contributed by atoms with Crippen LogP contribution < -0.4 is 0 Å². The fourth-order valence-corrected chi connectivity index (χ4v) is 1.60. The molecule has 88 valence electrons. The molecule has 6 nitrogen and oxygen atoms in total. The van der Waals surface area contributed by atoms with Crippen molar-refractivity contribution in [2.24, 2.45) is 0 Å². The van der Waals surface area contributed by atoms with E-state index in [1.807, 2.05) is 0 Å². The molecule has 0 bridgehead atoms. The lowest BCUT2D eigenvalue weighted by Gasteiger charge is -2.01. The Kier molecular flexibility index (Phi) is 3.38. The molecule has 0 unspecified atom stereocenters. The molecule has 16 heavy (non-hydrogen) atoms. The molecule has 0 fully saturated rings. The van der Waals surface area contributed by atoms with Crippen molar-refractivity contribution in [3.05, 3.63) is 27.9 Å². The average Bonchev–Trinajstić information content (AvgIpc) is 2.15. The van der Waals surface area contributed by atoms with E-state index < -0.39 is 36.7 Å². The van der Waals surface area contributed by atoms with Crippen molar-refractivity contribution in [3.8, 4) is 0 Å². The summed E-state index contributed by atoms with van der Waals surface area (Å²) in [5.41, 5.74) is -1.09. The van der Waals surface area contributed by atoms with E-state index >= 15 is 0 Å². The second-order valence-electron chi connectivity index (χ2n) is 2.58. The van der Waals surface area contributed by atoms with E-state index in [0.29, 0.717) is 12.3 Å². The molecule has 0 aliphatic heterocycles. The molecule has 1 rings (SSSR count). The zero-order valence-electron chi connectivity index (χ0n) is 7.30. The first kappa shape index (κ1) is 12.7. The molecule has 0 amide bonds. The third-order valence-electron chi connectivity index (χ3n) is 1.56. The summed E-state index contributed by atoms with van der Waals surface area (Å²) in [5, 5.41) is 10.3. The number of aromatic nitrogens is 1. The topological polar surface area (TPSA) is 90.2 Å². The van der Waals surface area contributed by atoms with Crippen LogP contribution in [0.5, 0.6) is 0 Å². The number of hydrogen-bond acceptors (Lipinski definition) is 5. The molecule has 0 saturated carbocycles. The standard InChI is InChI=1S/C6H3ClF2N2O4S/c7-16(14,15)3-1-4(5(8)9)6(10-2-3)11(12)13/h1-2,5H. The fourth-order valence-electron chi connectivity index (χ4n) is 0.901. The summed E-state index contributed by atoms with van der Waals surface area (Å²) in [5.74, 6) is -1.10. The normalized spacial score (nSPS) is 11.8. The Balaban J connectivity index is 3.46. The highest BCUT2D eigenvalue weighted by atomic mass is 35.7. The summed E-state index contributed by atoms with van der Waals surface area (Å²) < 4.78 is 46.3. The van der Waals surface area contributed by atoms with Crippen LogP contribution >= 0.6 is 10.7 Å². The van der Waals surface area contributed by atoms with Gasteiger partial charge in [-0.05, 0) is 16.0 Å². The van der Waals surface area contributed by atoms with Gasteiger partial charge < -0.3 is 10.1 Å². The van der Waals surface area contributed by atoms with Gasteiger partial charge in [-0.3, -0.25) is 0 Å². The average molecular weight is 273 g/mol. The maximum Gasteiger partial charge on any atom is 0.372 e. The van der Waals surface area contributed by atoms with E-state index in [0.717, 1.165) is 0 Å². The van der Waals surface area contributed by atoms with E-state index in [2.05, 4.69) is 4.98 Å². The summed E-state index contributed by atoms with van der Waals surface area (Å²) in [6.07, 6.45) is -2.67. The maximum absolute atomic E-state index is 12.4. The Morgan fingerprint density at radius 2 is 2.06 bits per heavy atom. The fraction of sp³-hybridized carbons (Fsp3) is 0.167. The van der Waals surface area contributed by atoms with Gasteiger partial charge in [0.05, 0.1) is 0 Å². The number of rotatable bonds is 3. The van der Waals surface area contributed by atoms with Crippen molar-refractivity contribution in [2.45, 2.75) is 11.3 Å². The smallest absolute Gasteiger partial charge is 0.358 e. The van der Waals surface area contributed by atoms with E-state index in [9.17, 15) is 27.3 Å². The van der Waals surface area contributed by atoms with Crippen molar-refractivity contribution < 1.29 is 22.1 Å². The molecule has 0 aromatic carbocycles. The Morgan fingerprint density at radius 3 is 2.44 bits per heavy atom. The molecule has 1 aromatic rings. The Bertz CT molecular complexity index is 533. The van der Waals surface area contributed by atoms with Gasteiger partial charge >= 0.3 is 5.82 Å². The predicted molar refractivity (Wildman–Crippen MR) is 48.9 cm³/mol. The van der Waals surface area contributed by atoms with Gasteiger partial charge in [0.15, 0.2) is 6.20 Å². The molecule has 0 saturated heterocycles. The van der Waals surface area contributed by atoms with Crippen molar-refractivity contribution in [2.75, 3.05) is 0 Å². The number of hydrogen-bond donors (Lipinski definition) is 0. The van der Waals surface area contributed by atoms with Crippen molar-refractivity contribution in [1.82, 2.24) is 4.98 Å². The van der Waals surface area contributed by atoms with Crippen molar-refractivity contribution >= 4 is 25.6 Å². The van der Waals surface area contributed by atoms with Crippen LogP contribution in [0.4, 0.5) is 14.6 Å². The minimum atomic E-state index is -4.25. The second kappa shape index (κ2) is 4.26. The molecular formula is C6H3ClF2N2O4S. The molecule has 1 heterocycles. The molecule has 0 N–H and O–H groups in total. The van der Waals surface area contributed by atoms with E-state index in [1.54, 1.807) is 0 Å². The van der Waals surface area contributed by atoms with Crippen LogP contribution in [0.1, 0.15) is 12.0 Å². The molecule has 0 atom stereocenters. The number of alkyl halides is 2. The number of nitro groups is 1. The summed E-state index contributed by atoms with van der Waals surface area (Å²) in [7, 11) is 0.637. The Hall–Kier alpha value is -1.35. The van der Waals surface area contributed by atoms with E-state index in [1.165, 1.54) is 0 Å². The van der Waals surface area contributed by atoms with Crippen LogP contribution in [-0.4, -0.2) is 18.3 Å². The lowest BCUT2D eigenvalue weighted by molar-refractivity contribution is -0.391. The van der Waals surface area contributed by atoms with Gasteiger partial charge in [-0.1, -0.05) is 0 Å². The highest BCUT2D eigenvalue weighted by molar-refractivity contribution is 8.13. The number of nitrogens with zero attached hydrogens (tertiary/aromatic N) is 2. The zero-order chi connectivity index (χ0) is 12.5. The first-order chi connectivity index (χ1) is 7.23. The summed E-state index contributed by atoms with van der Waals surface area (Å²) in [6, 6.07) is 0.429. The van der Waals surface area contributed by atoms with Crippen LogP contribution in [0.15, 0.2) is 17.2 Å². The van der Waals surface area contributed by atoms with E-state index in [4.69, 9.17) is 10.7 Å². The van der Waals surface area contributed by atoms with Gasteiger partial charge in [-0.25, -0.2) is 17.2 Å². The van der Waals surface area contributed by atoms with Gasteiger partial charge in [-0.2, -0.15) is 0 Å². The monoisotopic (exact) mass is 272 g/mol. The molecule has 0 aliphatic rings. The molecule has 10 heteroatoms. The quantitative estimate of drug-likeness (QED) is 0.476. The van der Waals surface area contributed by atoms with Crippen LogP contribution in [0.25, 0.3) is 0 Å². The Labute approximate surface area is 92.4 Å². The first-order valence-corrected chi connectivity index (χ1v) is 5.91.